The van der Waals surface area contributed by atoms with E-state index in [9.17, 15) is 4.79 Å². The molecular formula is C21H29N5O. The zero-order valence-electron chi connectivity index (χ0n) is 16.0. The molecule has 144 valence electrons. The Morgan fingerprint density at radius 1 is 0.963 bits per heavy atom. The lowest BCUT2D eigenvalue weighted by molar-refractivity contribution is 0.131. The summed E-state index contributed by atoms with van der Waals surface area (Å²) < 4.78 is 0. The molecular weight excluding hydrogens is 338 g/mol. The number of benzene rings is 1. The number of hydrogen-bond donors (Lipinski definition) is 2. The molecule has 0 aliphatic carbocycles. The fourth-order valence-electron chi connectivity index (χ4n) is 3.31. The monoisotopic (exact) mass is 367 g/mol. The second-order valence-electron chi connectivity index (χ2n) is 6.88. The van der Waals surface area contributed by atoms with Crippen molar-refractivity contribution in [2.24, 2.45) is 0 Å². The molecule has 2 aromatic rings. The quantitative estimate of drug-likeness (QED) is 0.788. The van der Waals surface area contributed by atoms with E-state index in [0.29, 0.717) is 13.1 Å². The first kappa shape index (κ1) is 19.3. The molecule has 2 N–H and O–H groups in total. The van der Waals surface area contributed by atoms with Gasteiger partial charge in [-0.3, -0.25) is 9.88 Å². The second-order valence-corrected chi connectivity index (χ2v) is 6.88. The van der Waals surface area contributed by atoms with Crippen LogP contribution in [0.4, 0.5) is 4.79 Å². The van der Waals surface area contributed by atoms with Crippen molar-refractivity contribution in [3.63, 3.8) is 0 Å². The Kier molecular flexibility index (Phi) is 7.19. The van der Waals surface area contributed by atoms with Crippen LogP contribution in [0.25, 0.3) is 0 Å². The fourth-order valence-corrected chi connectivity index (χ4v) is 3.31. The van der Waals surface area contributed by atoms with Crippen molar-refractivity contribution >= 4 is 6.03 Å². The van der Waals surface area contributed by atoms with Crippen molar-refractivity contribution in [2.75, 3.05) is 32.7 Å². The number of carbonyl (C=O) groups excluding carboxylic acids is 1. The first-order valence-corrected chi connectivity index (χ1v) is 9.66. The van der Waals surface area contributed by atoms with Crippen molar-refractivity contribution in [1.82, 2.24) is 25.4 Å². The van der Waals surface area contributed by atoms with Crippen molar-refractivity contribution in [3.05, 3.63) is 65.5 Å². The van der Waals surface area contributed by atoms with E-state index in [1.807, 2.05) is 18.2 Å². The highest BCUT2D eigenvalue weighted by atomic mass is 16.2. The minimum absolute atomic E-state index is 0.162. The molecule has 1 saturated heterocycles. The van der Waals surface area contributed by atoms with Gasteiger partial charge < -0.3 is 15.5 Å². The number of nitrogens with zero attached hydrogens (tertiary/aromatic N) is 3. The number of likely N-dealkylation sites (N-methyl/N-ethyl adjacent to an activating group) is 1. The Morgan fingerprint density at radius 3 is 2.37 bits per heavy atom. The third-order valence-corrected chi connectivity index (χ3v) is 5.04. The average molecular weight is 367 g/mol. The molecule has 1 aliphatic heterocycles. The smallest absolute Gasteiger partial charge is 0.315 e. The number of aromatic nitrogens is 1. The van der Waals surface area contributed by atoms with Crippen molar-refractivity contribution in [2.45, 2.75) is 26.6 Å². The molecule has 1 aromatic carbocycles. The van der Waals surface area contributed by atoms with Crippen LogP contribution in [-0.2, 0) is 19.6 Å². The van der Waals surface area contributed by atoms with E-state index < -0.39 is 0 Å². The molecule has 0 saturated carbocycles. The Hall–Kier alpha value is -2.44. The second kappa shape index (κ2) is 10.0. The van der Waals surface area contributed by atoms with Gasteiger partial charge in [-0.05, 0) is 29.3 Å². The Balaban J connectivity index is 1.48. The minimum atomic E-state index is -0.162. The number of nitrogens with one attached hydrogen (secondary N) is 2. The summed E-state index contributed by atoms with van der Waals surface area (Å²) in [6, 6.07) is 12.0. The van der Waals surface area contributed by atoms with Crippen LogP contribution >= 0.6 is 0 Å². The summed E-state index contributed by atoms with van der Waals surface area (Å²) >= 11 is 0. The first-order valence-electron chi connectivity index (χ1n) is 9.66. The van der Waals surface area contributed by atoms with Crippen LogP contribution in [0.15, 0.2) is 48.8 Å². The highest BCUT2D eigenvalue weighted by Crippen LogP contribution is 2.13. The number of rotatable bonds is 7. The Bertz CT molecular complexity index is 714. The molecule has 0 bridgehead atoms. The zero-order chi connectivity index (χ0) is 18.9. The number of piperazine rings is 1. The largest absolute Gasteiger partial charge is 0.334 e. The molecule has 0 unspecified atom stereocenters. The number of urea groups is 1. The lowest BCUT2D eigenvalue weighted by Gasteiger charge is -2.34. The highest BCUT2D eigenvalue weighted by molar-refractivity contribution is 5.73. The van der Waals surface area contributed by atoms with Crippen LogP contribution in [0.1, 0.15) is 23.6 Å². The summed E-state index contributed by atoms with van der Waals surface area (Å²) in [6.45, 7) is 9.75. The van der Waals surface area contributed by atoms with Gasteiger partial charge in [0.05, 0.1) is 0 Å². The van der Waals surface area contributed by atoms with Crippen LogP contribution in [0.2, 0.25) is 0 Å². The van der Waals surface area contributed by atoms with Gasteiger partial charge in [0.2, 0.25) is 0 Å². The van der Waals surface area contributed by atoms with Gasteiger partial charge in [0.1, 0.15) is 0 Å². The molecule has 27 heavy (non-hydrogen) atoms. The Morgan fingerprint density at radius 2 is 1.67 bits per heavy atom. The van der Waals surface area contributed by atoms with E-state index in [0.717, 1.165) is 44.8 Å². The molecule has 2 heterocycles. The summed E-state index contributed by atoms with van der Waals surface area (Å²) in [5, 5.41) is 5.84. The molecule has 6 heteroatoms. The average Bonchev–Trinajstić information content (AvgIpc) is 2.73. The predicted octanol–water partition coefficient (Wildman–Crippen LogP) is 2.22. The molecule has 0 radical (unpaired) electrons. The minimum Gasteiger partial charge on any atom is -0.334 e. The number of carbonyl (C=O) groups is 1. The molecule has 1 aromatic heterocycles. The number of hydrogen-bond acceptors (Lipinski definition) is 4. The maximum Gasteiger partial charge on any atom is 0.315 e. The summed E-state index contributed by atoms with van der Waals surface area (Å²) in [6.07, 6.45) is 3.48. The highest BCUT2D eigenvalue weighted by Gasteiger charge is 2.16. The van der Waals surface area contributed by atoms with Crippen molar-refractivity contribution < 1.29 is 4.79 Å². The zero-order valence-corrected chi connectivity index (χ0v) is 16.0. The van der Waals surface area contributed by atoms with Gasteiger partial charge in [-0.25, -0.2) is 4.79 Å². The molecule has 0 spiro atoms. The molecule has 2 amide bonds. The van der Waals surface area contributed by atoms with E-state index >= 15 is 0 Å². The van der Waals surface area contributed by atoms with E-state index in [4.69, 9.17) is 0 Å². The molecule has 0 atom stereocenters. The van der Waals surface area contributed by atoms with E-state index in [1.165, 1.54) is 11.1 Å². The van der Waals surface area contributed by atoms with Gasteiger partial charge in [0.25, 0.3) is 0 Å². The maximum atomic E-state index is 12.1. The molecule has 1 fully saturated rings. The van der Waals surface area contributed by atoms with Crippen LogP contribution in [-0.4, -0.2) is 53.5 Å². The van der Waals surface area contributed by atoms with Gasteiger partial charge in [-0.1, -0.05) is 37.3 Å². The van der Waals surface area contributed by atoms with E-state index in [-0.39, 0.29) is 6.03 Å². The van der Waals surface area contributed by atoms with Crippen LogP contribution in [0.3, 0.4) is 0 Å². The standard InChI is InChI=1S/C21H29N5O/c1-2-25-10-12-26(13-11-25)17-20-8-4-3-7-19(20)16-24-21(27)23-15-18-6-5-9-22-14-18/h3-9,14H,2,10-13,15-17H2,1H3,(H2,23,24,27). The van der Waals surface area contributed by atoms with Gasteiger partial charge in [-0.15, -0.1) is 0 Å². The van der Waals surface area contributed by atoms with E-state index in [1.54, 1.807) is 12.4 Å². The lowest BCUT2D eigenvalue weighted by Crippen LogP contribution is -2.45. The normalized spacial score (nSPS) is 15.4. The third kappa shape index (κ3) is 6.05. The summed E-state index contributed by atoms with van der Waals surface area (Å²) in [5.74, 6) is 0. The fraction of sp³-hybridized carbons (Fsp3) is 0.429. The molecule has 6 nitrogen and oxygen atoms in total. The third-order valence-electron chi connectivity index (χ3n) is 5.04. The van der Waals surface area contributed by atoms with Gasteiger partial charge >= 0.3 is 6.03 Å². The summed E-state index contributed by atoms with van der Waals surface area (Å²) in [7, 11) is 0. The lowest BCUT2D eigenvalue weighted by atomic mass is 10.1. The molecule has 1 aliphatic rings. The topological polar surface area (TPSA) is 60.5 Å². The van der Waals surface area contributed by atoms with Gasteiger partial charge in [0.15, 0.2) is 0 Å². The summed E-state index contributed by atoms with van der Waals surface area (Å²) in [5.41, 5.74) is 3.45. The maximum absolute atomic E-state index is 12.1. The van der Waals surface area contributed by atoms with Crippen LogP contribution in [0.5, 0.6) is 0 Å². The number of pyridine rings is 1. The van der Waals surface area contributed by atoms with E-state index in [2.05, 4.69) is 50.5 Å². The predicted molar refractivity (Wildman–Crippen MR) is 107 cm³/mol. The van der Waals surface area contributed by atoms with Crippen LogP contribution < -0.4 is 10.6 Å². The van der Waals surface area contributed by atoms with Gasteiger partial charge in [0, 0.05) is 58.2 Å². The van der Waals surface area contributed by atoms with Crippen molar-refractivity contribution in [3.8, 4) is 0 Å². The Labute approximate surface area is 161 Å². The molecule has 3 rings (SSSR count). The SMILES string of the molecule is CCN1CCN(Cc2ccccc2CNC(=O)NCc2cccnc2)CC1. The van der Waals surface area contributed by atoms with Crippen LogP contribution in [0, 0.1) is 0 Å². The number of amides is 2. The van der Waals surface area contributed by atoms with Gasteiger partial charge in [-0.2, -0.15) is 0 Å². The first-order chi connectivity index (χ1) is 13.2. The summed E-state index contributed by atoms with van der Waals surface area (Å²) in [4.78, 5) is 21.1. The van der Waals surface area contributed by atoms with Crippen molar-refractivity contribution in [1.29, 1.82) is 0 Å².